The fourth-order valence-electron chi connectivity index (χ4n) is 0.684. The van der Waals surface area contributed by atoms with Gasteiger partial charge in [-0.2, -0.15) is 86.0 Å². The van der Waals surface area contributed by atoms with Crippen LogP contribution in [-0.4, -0.2) is 18.5 Å². The van der Waals surface area contributed by atoms with Gasteiger partial charge in [0.25, 0.3) is 0 Å². The van der Waals surface area contributed by atoms with E-state index in [-0.39, 0.29) is 19.5 Å². The number of hydrogen-bond acceptors (Lipinski definition) is 3. The van der Waals surface area contributed by atoms with Gasteiger partial charge in [0.2, 0.25) is 0 Å². The number of hydrogen-bond donors (Lipinski definition) is 0. The van der Waals surface area contributed by atoms with E-state index in [0.717, 1.165) is 0 Å². The zero-order chi connectivity index (χ0) is 15.5. The zero-order valence-corrected chi connectivity index (χ0v) is 12.8. The molecule has 0 N–H and O–H groups in total. The van der Waals surface area contributed by atoms with Crippen LogP contribution in [0.15, 0.2) is 60.7 Å². The van der Waals surface area contributed by atoms with E-state index in [1.54, 1.807) is 0 Å². The molecule has 2 rings (SSSR count). The van der Waals surface area contributed by atoms with Crippen molar-refractivity contribution in [1.29, 1.82) is 0 Å². The summed E-state index contributed by atoms with van der Waals surface area (Å²) in [5.74, 6) is 0. The van der Waals surface area contributed by atoms with Crippen molar-refractivity contribution in [1.82, 2.24) is 0 Å². The Labute approximate surface area is 134 Å². The summed E-state index contributed by atoms with van der Waals surface area (Å²) in [5, 5.41) is 0. The second kappa shape index (κ2) is 11.4. The van der Waals surface area contributed by atoms with Gasteiger partial charge in [-0.3, -0.25) is 0 Å². The Bertz CT molecular complexity index is 461. The molecule has 0 spiro atoms. The molecule has 0 heterocycles. The van der Waals surface area contributed by atoms with Crippen molar-refractivity contribution in [3.05, 3.63) is 72.8 Å². The summed E-state index contributed by atoms with van der Waals surface area (Å²) in [6.45, 7) is 0. The molecule has 0 radical (unpaired) electrons. The minimum Gasteiger partial charge on any atom is -0.741 e. The average Bonchev–Trinajstić information content (AvgIpc) is 2.42. The van der Waals surface area contributed by atoms with Crippen molar-refractivity contribution >= 4 is 10.1 Å². The van der Waals surface area contributed by atoms with E-state index in [9.17, 15) is 13.2 Å². The maximum Gasteiger partial charge on any atom is 3.00 e. The number of rotatable bonds is 0. The first kappa shape index (κ1) is 22.1. The molecule has 0 aliphatic heterocycles. The van der Waals surface area contributed by atoms with Gasteiger partial charge in [-0.1, -0.05) is 0 Å². The molecule has 0 aromatic heterocycles. The quantitative estimate of drug-likeness (QED) is 0.293. The van der Waals surface area contributed by atoms with Crippen LogP contribution >= 0.6 is 0 Å². The third-order valence-electron chi connectivity index (χ3n) is 1.50. The van der Waals surface area contributed by atoms with Crippen LogP contribution in [0.1, 0.15) is 0 Å². The van der Waals surface area contributed by atoms with E-state index < -0.39 is 15.6 Å². The van der Waals surface area contributed by atoms with Crippen molar-refractivity contribution in [3.63, 3.8) is 0 Å². The second-order valence-corrected chi connectivity index (χ2v) is 4.43. The van der Waals surface area contributed by atoms with Crippen molar-refractivity contribution in [2.24, 2.45) is 0 Å². The van der Waals surface area contributed by atoms with Crippen LogP contribution in [0.3, 0.4) is 0 Å². The van der Waals surface area contributed by atoms with Gasteiger partial charge in [-0.25, -0.2) is 8.42 Å². The molecule has 0 saturated heterocycles. The van der Waals surface area contributed by atoms with Gasteiger partial charge in [0, 0.05) is 0 Å². The molecule has 0 bridgehead atoms. The molecule has 8 heteroatoms. The molecule has 0 aliphatic rings. The minimum absolute atomic E-state index is 0. The normalized spacial score (nSPS) is 9.90. The minimum atomic E-state index is -6.09. The van der Waals surface area contributed by atoms with Crippen LogP contribution in [0.4, 0.5) is 13.2 Å². The Morgan fingerprint density at radius 3 is 1.05 bits per heavy atom. The third kappa shape index (κ3) is 13.5. The van der Waals surface area contributed by atoms with Crippen LogP contribution < -0.4 is 0 Å². The maximum atomic E-state index is 10.7. The molecular weight excluding hydrogens is 396 g/mol. The van der Waals surface area contributed by atoms with Crippen LogP contribution in [-0.2, 0) is 29.6 Å². The number of alkyl halides is 3. The molecule has 3 nitrogen and oxygen atoms in total. The SMILES string of the molecule is O=S(=O)([O-])C(F)(F)F.[Rh+3].[c-]1ccccc1.[c-]1ccccc1. The summed E-state index contributed by atoms with van der Waals surface area (Å²) >= 11 is 0. The summed E-state index contributed by atoms with van der Waals surface area (Å²) in [4.78, 5) is 0. The van der Waals surface area contributed by atoms with E-state index >= 15 is 0 Å². The average molecular weight is 406 g/mol. The Balaban J connectivity index is 0. The van der Waals surface area contributed by atoms with Crippen molar-refractivity contribution < 1.29 is 45.6 Å². The molecule has 0 amide bonds. The predicted molar refractivity (Wildman–Crippen MR) is 66.3 cm³/mol. The fraction of sp³-hybridized carbons (Fsp3) is 0.0769. The van der Waals surface area contributed by atoms with Crippen molar-refractivity contribution in [2.45, 2.75) is 5.51 Å². The molecule has 0 atom stereocenters. The fourth-order valence-corrected chi connectivity index (χ4v) is 0.684. The Morgan fingerprint density at radius 1 is 0.762 bits per heavy atom. The Hall–Kier alpha value is -1.24. The maximum absolute atomic E-state index is 10.7. The van der Waals surface area contributed by atoms with E-state index in [1.807, 2.05) is 60.7 Å². The number of halogens is 3. The van der Waals surface area contributed by atoms with E-state index in [1.165, 1.54) is 0 Å². The zero-order valence-electron chi connectivity index (χ0n) is 10.4. The summed E-state index contributed by atoms with van der Waals surface area (Å²) in [5.41, 5.74) is -5.65. The molecule has 116 valence electrons. The molecule has 2 aromatic carbocycles. The molecule has 0 unspecified atom stereocenters. The predicted octanol–water partition coefficient (Wildman–Crippen LogP) is 3.02. The van der Waals surface area contributed by atoms with E-state index in [4.69, 9.17) is 13.0 Å². The smallest absolute Gasteiger partial charge is 0.741 e. The van der Waals surface area contributed by atoms with Crippen LogP contribution in [0, 0.1) is 12.1 Å². The first-order chi connectivity index (χ1) is 9.25. The van der Waals surface area contributed by atoms with Gasteiger partial charge in [0.15, 0.2) is 10.1 Å². The van der Waals surface area contributed by atoms with Gasteiger partial charge >= 0.3 is 25.0 Å². The Kier molecular flexibility index (Phi) is 12.0. The van der Waals surface area contributed by atoms with Gasteiger partial charge in [-0.05, 0) is 0 Å². The van der Waals surface area contributed by atoms with Crippen molar-refractivity contribution in [2.75, 3.05) is 0 Å². The molecule has 0 saturated carbocycles. The number of benzene rings is 2. The standard InChI is InChI=1S/2C6H5.CHF3O3S.Rh/c2*1-2-4-6-5-3-1;2-1(3,4)8(5,6)7;/h2*1-5H;(H,5,6,7);/q2*-1;;+3/p-1. The summed E-state index contributed by atoms with van der Waals surface area (Å²) in [6, 6.07) is 25.0. The molecule has 0 aliphatic carbocycles. The molecule has 0 fully saturated rings. The molecule has 2 aromatic rings. The van der Waals surface area contributed by atoms with E-state index in [2.05, 4.69) is 12.1 Å². The topological polar surface area (TPSA) is 57.2 Å². The van der Waals surface area contributed by atoms with Gasteiger partial charge < -0.3 is 4.55 Å². The van der Waals surface area contributed by atoms with Gasteiger partial charge in [0.05, 0.1) is 0 Å². The summed E-state index contributed by atoms with van der Waals surface area (Å²) < 4.78 is 58.9. The summed E-state index contributed by atoms with van der Waals surface area (Å²) in [6.07, 6.45) is 0. The largest absolute Gasteiger partial charge is 3.00 e. The monoisotopic (exact) mass is 406 g/mol. The van der Waals surface area contributed by atoms with Crippen LogP contribution in [0.5, 0.6) is 0 Å². The van der Waals surface area contributed by atoms with Crippen LogP contribution in [0.2, 0.25) is 0 Å². The van der Waals surface area contributed by atoms with Gasteiger partial charge in [0.1, 0.15) is 0 Å². The van der Waals surface area contributed by atoms with E-state index in [0.29, 0.717) is 0 Å². The molecule has 21 heavy (non-hydrogen) atoms. The van der Waals surface area contributed by atoms with Crippen molar-refractivity contribution in [3.8, 4) is 0 Å². The van der Waals surface area contributed by atoms with Gasteiger partial charge in [-0.15, -0.1) is 0 Å². The first-order valence-electron chi connectivity index (χ1n) is 5.09. The third-order valence-corrected chi connectivity index (χ3v) is 2.06. The van der Waals surface area contributed by atoms with Crippen LogP contribution in [0.25, 0.3) is 0 Å². The second-order valence-electron chi connectivity index (χ2n) is 3.05. The first-order valence-corrected chi connectivity index (χ1v) is 6.50. The Morgan fingerprint density at radius 2 is 1.00 bits per heavy atom. The summed E-state index contributed by atoms with van der Waals surface area (Å²) in [7, 11) is -6.09. The molecular formula is C13H10F3O3RhS.